The molecule has 0 fully saturated rings. The molecule has 1 N–H and O–H groups in total. The molecule has 0 radical (unpaired) electrons. The SMILES string of the molecule is O=C(COC(=O)c1ccc(Br)cc1F)Nc1ccc([N+](=O)[O-])cc1Br. The number of benzene rings is 2. The number of nitrogens with zero attached hydrogens (tertiary/aromatic N) is 1. The molecule has 10 heteroatoms. The van der Waals surface area contributed by atoms with E-state index in [-0.39, 0.29) is 16.9 Å². The maximum Gasteiger partial charge on any atom is 0.341 e. The number of nitrogens with one attached hydrogen (secondary N) is 1. The Balaban J connectivity index is 1.96. The molecule has 0 aromatic heterocycles. The van der Waals surface area contributed by atoms with Crippen LogP contribution >= 0.6 is 31.9 Å². The molecule has 130 valence electrons. The standard InChI is InChI=1S/C15H9Br2FN2O5/c16-8-1-3-10(12(18)5-8)15(22)25-7-14(21)19-13-4-2-9(20(23)24)6-11(13)17/h1-6H,7H2,(H,19,21). The van der Waals surface area contributed by atoms with Gasteiger partial charge in [-0.2, -0.15) is 0 Å². The van der Waals surface area contributed by atoms with Crippen molar-refractivity contribution in [3.63, 3.8) is 0 Å². The average Bonchev–Trinajstić information content (AvgIpc) is 2.54. The van der Waals surface area contributed by atoms with Gasteiger partial charge in [-0.15, -0.1) is 0 Å². The van der Waals surface area contributed by atoms with E-state index in [0.717, 1.165) is 6.07 Å². The van der Waals surface area contributed by atoms with Gasteiger partial charge in [0.15, 0.2) is 6.61 Å². The van der Waals surface area contributed by atoms with Gasteiger partial charge in [-0.1, -0.05) is 15.9 Å². The van der Waals surface area contributed by atoms with Gasteiger partial charge >= 0.3 is 5.97 Å². The smallest absolute Gasteiger partial charge is 0.341 e. The summed E-state index contributed by atoms with van der Waals surface area (Å²) in [6.45, 7) is -0.641. The van der Waals surface area contributed by atoms with Crippen molar-refractivity contribution < 1.29 is 23.6 Å². The van der Waals surface area contributed by atoms with Crippen LogP contribution in [0.15, 0.2) is 45.3 Å². The summed E-state index contributed by atoms with van der Waals surface area (Å²) in [5, 5.41) is 13.1. The van der Waals surface area contributed by atoms with Crippen LogP contribution in [-0.2, 0) is 9.53 Å². The lowest BCUT2D eigenvalue weighted by Gasteiger charge is -2.08. The molecule has 0 heterocycles. The Morgan fingerprint density at radius 2 is 1.92 bits per heavy atom. The van der Waals surface area contributed by atoms with Crippen molar-refractivity contribution in [2.75, 3.05) is 11.9 Å². The van der Waals surface area contributed by atoms with Gasteiger partial charge in [-0.05, 0) is 40.2 Å². The van der Waals surface area contributed by atoms with E-state index in [0.29, 0.717) is 8.95 Å². The van der Waals surface area contributed by atoms with Gasteiger partial charge in [-0.3, -0.25) is 14.9 Å². The molecule has 25 heavy (non-hydrogen) atoms. The van der Waals surface area contributed by atoms with Crippen molar-refractivity contribution in [2.45, 2.75) is 0 Å². The predicted octanol–water partition coefficient (Wildman–Crippen LogP) is 4.05. The molecule has 0 saturated heterocycles. The van der Waals surface area contributed by atoms with E-state index in [1.54, 1.807) is 0 Å². The summed E-state index contributed by atoms with van der Waals surface area (Å²) in [6.07, 6.45) is 0. The molecule has 7 nitrogen and oxygen atoms in total. The highest BCUT2D eigenvalue weighted by Gasteiger charge is 2.16. The number of hydrogen-bond donors (Lipinski definition) is 1. The zero-order chi connectivity index (χ0) is 18.6. The van der Waals surface area contributed by atoms with Crippen LogP contribution in [0.2, 0.25) is 0 Å². The first kappa shape index (κ1) is 19.0. The van der Waals surface area contributed by atoms with E-state index in [9.17, 15) is 24.1 Å². The molecule has 0 bridgehead atoms. The first-order chi connectivity index (χ1) is 11.8. The Labute approximate surface area is 157 Å². The number of carbonyl (C=O) groups is 2. The largest absolute Gasteiger partial charge is 0.452 e. The van der Waals surface area contributed by atoms with Gasteiger partial charge in [0, 0.05) is 21.1 Å². The first-order valence-corrected chi connectivity index (χ1v) is 8.22. The van der Waals surface area contributed by atoms with Gasteiger partial charge < -0.3 is 10.1 Å². The molecule has 0 aliphatic heterocycles. The number of nitro benzene ring substituents is 1. The molecule has 2 aromatic carbocycles. The van der Waals surface area contributed by atoms with Crippen molar-refractivity contribution in [3.05, 3.63) is 66.8 Å². The molecule has 0 spiro atoms. The minimum absolute atomic E-state index is 0.151. The van der Waals surface area contributed by atoms with E-state index in [2.05, 4.69) is 37.2 Å². The summed E-state index contributed by atoms with van der Waals surface area (Å²) >= 11 is 6.16. The Bertz CT molecular complexity index is 860. The van der Waals surface area contributed by atoms with Crippen molar-refractivity contribution in [1.82, 2.24) is 0 Å². The fourth-order valence-electron chi connectivity index (χ4n) is 1.77. The summed E-state index contributed by atoms with van der Waals surface area (Å²) in [5.74, 6) is -2.44. The Kier molecular flexibility index (Phi) is 6.21. The molecule has 0 aliphatic rings. The molecule has 0 aliphatic carbocycles. The van der Waals surface area contributed by atoms with Crippen LogP contribution in [0.25, 0.3) is 0 Å². The summed E-state index contributed by atoms with van der Waals surface area (Å²) in [6, 6.07) is 7.56. The predicted molar refractivity (Wildman–Crippen MR) is 93.8 cm³/mol. The summed E-state index contributed by atoms with van der Waals surface area (Å²) in [5.41, 5.74) is -0.184. The highest BCUT2D eigenvalue weighted by atomic mass is 79.9. The second-order valence-corrected chi connectivity index (χ2v) is 6.44. The summed E-state index contributed by atoms with van der Waals surface area (Å²) in [4.78, 5) is 33.7. The number of esters is 1. The first-order valence-electron chi connectivity index (χ1n) is 6.64. The van der Waals surface area contributed by atoms with Crippen LogP contribution in [0.5, 0.6) is 0 Å². The maximum atomic E-state index is 13.6. The number of rotatable bonds is 5. The Morgan fingerprint density at radius 1 is 1.20 bits per heavy atom. The van der Waals surface area contributed by atoms with Crippen LogP contribution in [0.4, 0.5) is 15.8 Å². The van der Waals surface area contributed by atoms with Gasteiger partial charge in [0.2, 0.25) is 0 Å². The van der Waals surface area contributed by atoms with Crippen molar-refractivity contribution in [3.8, 4) is 0 Å². The lowest BCUT2D eigenvalue weighted by atomic mass is 10.2. The monoisotopic (exact) mass is 474 g/mol. The topological polar surface area (TPSA) is 98.5 Å². The molecule has 2 aromatic rings. The van der Waals surface area contributed by atoms with E-state index in [1.165, 1.54) is 30.3 Å². The van der Waals surface area contributed by atoms with Crippen LogP contribution in [0.1, 0.15) is 10.4 Å². The highest BCUT2D eigenvalue weighted by molar-refractivity contribution is 9.10. The Morgan fingerprint density at radius 3 is 2.52 bits per heavy atom. The van der Waals surface area contributed by atoms with Crippen molar-refractivity contribution in [2.24, 2.45) is 0 Å². The number of anilines is 1. The molecule has 1 amide bonds. The molecule has 0 unspecified atom stereocenters. The van der Waals surface area contributed by atoms with Crippen LogP contribution < -0.4 is 5.32 Å². The van der Waals surface area contributed by atoms with E-state index >= 15 is 0 Å². The van der Waals surface area contributed by atoms with E-state index in [1.807, 2.05) is 0 Å². The molecule has 0 atom stereocenters. The number of hydrogen-bond acceptors (Lipinski definition) is 5. The quantitative estimate of drug-likeness (QED) is 0.399. The number of nitro groups is 1. The van der Waals surface area contributed by atoms with Crippen molar-refractivity contribution in [1.29, 1.82) is 0 Å². The molecular weight excluding hydrogens is 467 g/mol. The van der Waals surface area contributed by atoms with Gasteiger partial charge in [-0.25, -0.2) is 9.18 Å². The van der Waals surface area contributed by atoms with Crippen LogP contribution in [0.3, 0.4) is 0 Å². The Hall–Kier alpha value is -2.33. The number of non-ortho nitro benzene ring substituents is 1. The zero-order valence-electron chi connectivity index (χ0n) is 12.3. The number of amides is 1. The second-order valence-electron chi connectivity index (χ2n) is 4.67. The van der Waals surface area contributed by atoms with Gasteiger partial charge in [0.1, 0.15) is 5.82 Å². The minimum Gasteiger partial charge on any atom is -0.452 e. The summed E-state index contributed by atoms with van der Waals surface area (Å²) < 4.78 is 19.1. The lowest BCUT2D eigenvalue weighted by Crippen LogP contribution is -2.21. The average molecular weight is 476 g/mol. The molecule has 2 rings (SSSR count). The van der Waals surface area contributed by atoms with E-state index < -0.39 is 29.2 Å². The number of ether oxygens (including phenoxy) is 1. The number of carbonyl (C=O) groups excluding carboxylic acids is 2. The van der Waals surface area contributed by atoms with Gasteiger partial charge in [0.25, 0.3) is 11.6 Å². The van der Waals surface area contributed by atoms with Crippen LogP contribution in [0, 0.1) is 15.9 Å². The zero-order valence-corrected chi connectivity index (χ0v) is 15.5. The normalized spacial score (nSPS) is 10.2. The minimum atomic E-state index is -0.983. The number of halogens is 3. The van der Waals surface area contributed by atoms with E-state index in [4.69, 9.17) is 4.74 Å². The fourth-order valence-corrected chi connectivity index (χ4v) is 2.57. The van der Waals surface area contributed by atoms with Crippen molar-refractivity contribution >= 4 is 55.1 Å². The fraction of sp³-hybridized carbons (Fsp3) is 0.0667. The maximum absolute atomic E-state index is 13.6. The lowest BCUT2D eigenvalue weighted by molar-refractivity contribution is -0.384. The summed E-state index contributed by atoms with van der Waals surface area (Å²) in [7, 11) is 0. The van der Waals surface area contributed by atoms with Gasteiger partial charge in [0.05, 0.1) is 16.2 Å². The highest BCUT2D eigenvalue weighted by Crippen LogP contribution is 2.27. The van der Waals surface area contributed by atoms with Crippen LogP contribution in [-0.4, -0.2) is 23.4 Å². The third kappa shape index (κ3) is 5.07. The third-order valence-electron chi connectivity index (χ3n) is 2.92. The molecular formula is C15H9Br2FN2O5. The molecule has 0 saturated carbocycles. The second kappa shape index (κ2) is 8.17. The third-order valence-corrected chi connectivity index (χ3v) is 4.07.